The standard InChI is InChI=1S/C16H15F2NO5S2/c1-12-8-6-7-11-14(12)15(19-24-25(2,20)21)16(17,18)26(22,23)13-9-4-3-5-10-13/h3-11H,1-2H3. The fourth-order valence-electron chi connectivity index (χ4n) is 2.08. The van der Waals surface area contributed by atoms with Gasteiger partial charge >= 0.3 is 15.4 Å². The predicted octanol–water partition coefficient (Wildman–Crippen LogP) is 2.74. The van der Waals surface area contributed by atoms with Gasteiger partial charge in [-0.3, -0.25) is 4.28 Å². The first-order chi connectivity index (χ1) is 12.0. The van der Waals surface area contributed by atoms with Crippen LogP contribution in [0.5, 0.6) is 0 Å². The van der Waals surface area contributed by atoms with Crippen LogP contribution in [-0.4, -0.2) is 34.1 Å². The molecule has 6 nitrogen and oxygen atoms in total. The molecule has 0 radical (unpaired) electrons. The lowest BCUT2D eigenvalue weighted by atomic mass is 10.0. The molecule has 10 heteroatoms. The molecule has 2 rings (SSSR count). The lowest BCUT2D eigenvalue weighted by Crippen LogP contribution is -2.39. The minimum atomic E-state index is -5.21. The van der Waals surface area contributed by atoms with E-state index in [2.05, 4.69) is 9.44 Å². The van der Waals surface area contributed by atoms with Crippen LogP contribution in [0.15, 0.2) is 64.6 Å². The lowest BCUT2D eigenvalue weighted by Gasteiger charge is -2.20. The van der Waals surface area contributed by atoms with E-state index >= 15 is 0 Å². The molecule has 140 valence electrons. The highest BCUT2D eigenvalue weighted by Gasteiger charge is 2.52. The number of nitrogens with zero attached hydrogens (tertiary/aromatic N) is 1. The Kier molecular flexibility index (Phi) is 5.47. The lowest BCUT2D eigenvalue weighted by molar-refractivity contribution is 0.164. The van der Waals surface area contributed by atoms with Gasteiger partial charge in [0.15, 0.2) is 5.71 Å². The molecule has 0 unspecified atom stereocenters. The van der Waals surface area contributed by atoms with E-state index in [1.807, 2.05) is 0 Å². The second-order valence-electron chi connectivity index (χ2n) is 5.37. The highest BCUT2D eigenvalue weighted by molar-refractivity contribution is 7.93. The molecule has 0 aliphatic carbocycles. The smallest absolute Gasteiger partial charge is 0.268 e. The molecule has 0 aliphatic rings. The van der Waals surface area contributed by atoms with E-state index in [1.54, 1.807) is 6.07 Å². The summed E-state index contributed by atoms with van der Waals surface area (Å²) in [6, 6.07) is 11.7. The number of rotatable bonds is 6. The molecule has 0 heterocycles. The minimum Gasteiger partial charge on any atom is -0.268 e. The van der Waals surface area contributed by atoms with Crippen molar-refractivity contribution in [2.75, 3.05) is 6.26 Å². The number of benzene rings is 2. The minimum absolute atomic E-state index is 0.249. The SMILES string of the molecule is Cc1ccccc1C(=NOS(C)(=O)=O)C(F)(F)S(=O)(=O)c1ccccc1. The van der Waals surface area contributed by atoms with Crippen molar-refractivity contribution >= 4 is 25.7 Å². The van der Waals surface area contributed by atoms with Crippen LogP contribution in [0.4, 0.5) is 8.78 Å². The van der Waals surface area contributed by atoms with Crippen LogP contribution < -0.4 is 0 Å². The Balaban J connectivity index is 2.70. The van der Waals surface area contributed by atoms with Crippen molar-refractivity contribution in [3.8, 4) is 0 Å². The van der Waals surface area contributed by atoms with Crippen LogP contribution in [0.1, 0.15) is 11.1 Å². The maximum absolute atomic E-state index is 15.0. The van der Waals surface area contributed by atoms with Crippen molar-refractivity contribution in [1.82, 2.24) is 0 Å². The largest absolute Gasteiger partial charge is 0.395 e. The molecule has 0 aliphatic heterocycles. The van der Waals surface area contributed by atoms with Crippen LogP contribution in [0.25, 0.3) is 0 Å². The molecule has 0 fully saturated rings. The van der Waals surface area contributed by atoms with E-state index in [1.165, 1.54) is 43.3 Å². The van der Waals surface area contributed by atoms with Gasteiger partial charge in [-0.25, -0.2) is 8.42 Å². The van der Waals surface area contributed by atoms with Crippen molar-refractivity contribution in [2.24, 2.45) is 5.16 Å². The molecule has 0 saturated carbocycles. The number of alkyl halides is 2. The molecule has 2 aromatic carbocycles. The van der Waals surface area contributed by atoms with Gasteiger partial charge in [0.1, 0.15) is 0 Å². The Morgan fingerprint density at radius 1 is 0.962 bits per heavy atom. The van der Waals surface area contributed by atoms with Gasteiger partial charge in [-0.05, 0) is 24.6 Å². The number of sulfone groups is 1. The zero-order valence-electron chi connectivity index (χ0n) is 13.8. The number of oxime groups is 1. The number of hydrogen-bond acceptors (Lipinski definition) is 6. The summed E-state index contributed by atoms with van der Waals surface area (Å²) in [7, 11) is -9.44. The zero-order valence-corrected chi connectivity index (χ0v) is 15.4. The van der Waals surface area contributed by atoms with Gasteiger partial charge in [0, 0.05) is 5.56 Å². The van der Waals surface area contributed by atoms with Crippen molar-refractivity contribution < 1.29 is 29.9 Å². The Morgan fingerprint density at radius 3 is 2.04 bits per heavy atom. The van der Waals surface area contributed by atoms with Crippen LogP contribution in [0.2, 0.25) is 0 Å². The van der Waals surface area contributed by atoms with Crippen LogP contribution in [-0.2, 0) is 24.2 Å². The van der Waals surface area contributed by atoms with Crippen LogP contribution >= 0.6 is 0 Å². The number of aryl methyl sites for hydroxylation is 1. The van der Waals surface area contributed by atoms with E-state index < -0.39 is 35.8 Å². The highest BCUT2D eigenvalue weighted by Crippen LogP contribution is 2.34. The van der Waals surface area contributed by atoms with Gasteiger partial charge in [-0.15, -0.1) is 0 Å². The van der Waals surface area contributed by atoms with Crippen molar-refractivity contribution in [3.05, 3.63) is 65.7 Å². The first-order valence-electron chi connectivity index (χ1n) is 7.17. The monoisotopic (exact) mass is 403 g/mol. The van der Waals surface area contributed by atoms with Gasteiger partial charge < -0.3 is 0 Å². The number of hydrogen-bond donors (Lipinski definition) is 0. The fraction of sp³-hybridized carbons (Fsp3) is 0.188. The van der Waals surface area contributed by atoms with E-state index in [4.69, 9.17) is 0 Å². The average Bonchev–Trinajstić information content (AvgIpc) is 2.56. The summed E-state index contributed by atoms with van der Waals surface area (Å²) in [6.45, 7) is 1.45. The van der Waals surface area contributed by atoms with Crippen LogP contribution in [0, 0.1) is 6.92 Å². The summed E-state index contributed by atoms with van der Waals surface area (Å²) < 4.78 is 81.4. The summed E-state index contributed by atoms with van der Waals surface area (Å²) in [5.41, 5.74) is -1.29. The maximum atomic E-state index is 15.0. The third-order valence-corrected chi connectivity index (χ3v) is 5.44. The molecule has 0 aromatic heterocycles. The Bertz CT molecular complexity index is 1030. The fourth-order valence-corrected chi connectivity index (χ4v) is 3.50. The number of halogens is 2. The summed E-state index contributed by atoms with van der Waals surface area (Å²) in [4.78, 5) is -0.634. The van der Waals surface area contributed by atoms with Gasteiger partial charge in [0.05, 0.1) is 11.2 Å². The first kappa shape index (κ1) is 20.0. The Morgan fingerprint density at radius 2 is 1.50 bits per heavy atom. The Labute approximate surface area is 150 Å². The normalized spacial score (nSPS) is 13.5. The van der Waals surface area contributed by atoms with Gasteiger partial charge in [-0.1, -0.05) is 47.6 Å². The molecule has 0 atom stereocenters. The molecule has 0 spiro atoms. The Hall–Kier alpha value is -2.33. The third-order valence-electron chi connectivity index (χ3n) is 3.33. The molecule has 0 amide bonds. The van der Waals surface area contributed by atoms with E-state index in [0.29, 0.717) is 6.26 Å². The van der Waals surface area contributed by atoms with Gasteiger partial charge in [-0.2, -0.15) is 17.2 Å². The molecular formula is C16H15F2NO5S2. The zero-order chi connectivity index (χ0) is 19.6. The van der Waals surface area contributed by atoms with Crippen molar-refractivity contribution in [1.29, 1.82) is 0 Å². The second kappa shape index (κ2) is 7.12. The summed E-state index contributed by atoms with van der Waals surface area (Å²) in [5, 5.41) is -1.55. The molecule has 26 heavy (non-hydrogen) atoms. The molecule has 2 aromatic rings. The quantitative estimate of drug-likeness (QED) is 0.546. The second-order valence-corrected chi connectivity index (χ2v) is 8.92. The van der Waals surface area contributed by atoms with Crippen molar-refractivity contribution in [3.63, 3.8) is 0 Å². The topological polar surface area (TPSA) is 89.9 Å². The van der Waals surface area contributed by atoms with Gasteiger partial charge in [0.2, 0.25) is 9.84 Å². The molecule has 0 saturated heterocycles. The molecule has 0 N–H and O–H groups in total. The third kappa shape index (κ3) is 4.07. The van der Waals surface area contributed by atoms with E-state index in [0.717, 1.165) is 12.1 Å². The first-order valence-corrected chi connectivity index (χ1v) is 10.5. The summed E-state index contributed by atoms with van der Waals surface area (Å²) >= 11 is 0. The summed E-state index contributed by atoms with van der Waals surface area (Å²) in [6.07, 6.45) is 0.607. The highest BCUT2D eigenvalue weighted by atomic mass is 32.2. The predicted molar refractivity (Wildman–Crippen MR) is 92.2 cm³/mol. The van der Waals surface area contributed by atoms with E-state index in [9.17, 15) is 25.6 Å². The maximum Gasteiger partial charge on any atom is 0.395 e. The van der Waals surface area contributed by atoms with Crippen molar-refractivity contribution in [2.45, 2.75) is 17.1 Å². The molecule has 0 bridgehead atoms. The summed E-state index contributed by atoms with van der Waals surface area (Å²) in [5.74, 6) is 0. The molecular weight excluding hydrogens is 388 g/mol. The van der Waals surface area contributed by atoms with E-state index in [-0.39, 0.29) is 11.1 Å². The average molecular weight is 403 g/mol. The van der Waals surface area contributed by atoms with Gasteiger partial charge in [0.25, 0.3) is 0 Å². The van der Waals surface area contributed by atoms with Crippen LogP contribution in [0.3, 0.4) is 0 Å².